The van der Waals surface area contributed by atoms with Gasteiger partial charge in [-0.05, 0) is 31.0 Å². The number of hydrogen-bond acceptors (Lipinski definition) is 6. The van der Waals surface area contributed by atoms with E-state index in [9.17, 15) is 9.59 Å². The van der Waals surface area contributed by atoms with E-state index in [-0.39, 0.29) is 17.3 Å². The number of aromatic nitrogens is 2. The van der Waals surface area contributed by atoms with Crippen LogP contribution in [-0.2, 0) is 4.79 Å². The molecule has 0 radical (unpaired) electrons. The van der Waals surface area contributed by atoms with E-state index in [1.165, 1.54) is 25.3 Å². The molecule has 0 unspecified atom stereocenters. The maximum Gasteiger partial charge on any atom is 0.274 e. The Bertz CT molecular complexity index is 919. The van der Waals surface area contributed by atoms with Gasteiger partial charge >= 0.3 is 0 Å². The molecule has 10 heteroatoms. The summed E-state index contributed by atoms with van der Waals surface area (Å²) in [6.07, 6.45) is 3.53. The molecule has 1 aliphatic heterocycles. The molecule has 1 aliphatic rings. The number of rotatable bonds is 6. The molecular weight excluding hydrogens is 417 g/mol. The Labute approximate surface area is 178 Å². The van der Waals surface area contributed by atoms with Crippen molar-refractivity contribution in [3.05, 3.63) is 40.1 Å². The second kappa shape index (κ2) is 9.28. The van der Waals surface area contributed by atoms with Crippen molar-refractivity contribution >= 4 is 46.7 Å². The molecule has 1 aromatic heterocycles. The number of amides is 2. The zero-order valence-corrected chi connectivity index (χ0v) is 17.6. The van der Waals surface area contributed by atoms with Crippen molar-refractivity contribution in [1.82, 2.24) is 14.9 Å². The molecule has 8 nitrogen and oxygen atoms in total. The van der Waals surface area contributed by atoms with Gasteiger partial charge in [0.25, 0.3) is 5.91 Å². The molecule has 0 saturated carbocycles. The van der Waals surface area contributed by atoms with Gasteiger partial charge in [-0.25, -0.2) is 9.97 Å². The number of halogens is 2. The van der Waals surface area contributed by atoms with Gasteiger partial charge < -0.3 is 19.9 Å². The lowest BCUT2D eigenvalue weighted by Crippen LogP contribution is -2.36. The standard InChI is InChI=1S/C19H21Cl2N5O3/c1-25(11-16(27)23-14-9-12(20)5-6-15(14)29-2)18(28)17-13(21)10-22-19(24-17)26-7-3-4-8-26/h5-6,9-10H,3-4,7-8,11H2,1-2H3,(H,23,27). The van der Waals surface area contributed by atoms with Crippen molar-refractivity contribution in [1.29, 1.82) is 0 Å². The van der Waals surface area contributed by atoms with E-state index in [0.29, 0.717) is 22.4 Å². The van der Waals surface area contributed by atoms with Crippen LogP contribution in [0.3, 0.4) is 0 Å². The third kappa shape index (κ3) is 5.07. The number of methoxy groups -OCH3 is 1. The van der Waals surface area contributed by atoms with Crippen LogP contribution in [0.15, 0.2) is 24.4 Å². The first kappa shape index (κ1) is 21.1. The fourth-order valence-electron chi connectivity index (χ4n) is 3.01. The van der Waals surface area contributed by atoms with E-state index in [2.05, 4.69) is 15.3 Å². The molecule has 0 bridgehead atoms. The minimum Gasteiger partial charge on any atom is -0.495 e. The highest BCUT2D eigenvalue weighted by atomic mass is 35.5. The van der Waals surface area contributed by atoms with Gasteiger partial charge in [0.15, 0.2) is 5.69 Å². The largest absolute Gasteiger partial charge is 0.495 e. The van der Waals surface area contributed by atoms with Gasteiger partial charge in [-0.1, -0.05) is 23.2 Å². The first-order chi connectivity index (χ1) is 13.9. The summed E-state index contributed by atoms with van der Waals surface area (Å²) in [5.74, 6) is 0.0556. The number of carbonyl (C=O) groups is 2. The van der Waals surface area contributed by atoms with Crippen LogP contribution in [-0.4, -0.2) is 60.5 Å². The molecule has 0 atom stereocenters. The molecule has 1 fully saturated rings. The van der Waals surface area contributed by atoms with Gasteiger partial charge in [0.1, 0.15) is 5.75 Å². The highest BCUT2D eigenvalue weighted by Gasteiger charge is 2.23. The van der Waals surface area contributed by atoms with Crippen LogP contribution in [0.4, 0.5) is 11.6 Å². The fourth-order valence-corrected chi connectivity index (χ4v) is 3.36. The van der Waals surface area contributed by atoms with Crippen LogP contribution >= 0.6 is 23.2 Å². The number of hydrogen-bond donors (Lipinski definition) is 1. The van der Waals surface area contributed by atoms with Gasteiger partial charge in [0.05, 0.1) is 30.6 Å². The lowest BCUT2D eigenvalue weighted by atomic mass is 10.3. The number of benzene rings is 1. The molecule has 0 aliphatic carbocycles. The molecule has 1 aromatic carbocycles. The van der Waals surface area contributed by atoms with Gasteiger partial charge in [-0.2, -0.15) is 0 Å². The summed E-state index contributed by atoms with van der Waals surface area (Å²) in [5.41, 5.74) is 0.487. The predicted octanol–water partition coefficient (Wildman–Crippen LogP) is 3.10. The molecule has 1 saturated heterocycles. The Morgan fingerprint density at radius 2 is 2.00 bits per heavy atom. The van der Waals surface area contributed by atoms with Crippen LogP contribution in [0.2, 0.25) is 10.0 Å². The number of anilines is 2. The summed E-state index contributed by atoms with van der Waals surface area (Å²) in [4.78, 5) is 37.0. The van der Waals surface area contributed by atoms with Crippen LogP contribution in [0, 0.1) is 0 Å². The van der Waals surface area contributed by atoms with Gasteiger partial charge in [0.2, 0.25) is 11.9 Å². The lowest BCUT2D eigenvalue weighted by Gasteiger charge is -2.19. The number of ether oxygens (including phenoxy) is 1. The smallest absolute Gasteiger partial charge is 0.274 e. The molecule has 3 rings (SSSR count). The molecule has 0 spiro atoms. The van der Waals surface area contributed by atoms with Gasteiger partial charge in [-0.3, -0.25) is 9.59 Å². The quantitative estimate of drug-likeness (QED) is 0.746. The van der Waals surface area contributed by atoms with E-state index in [1.807, 2.05) is 4.90 Å². The Morgan fingerprint density at radius 3 is 2.69 bits per heavy atom. The maximum absolute atomic E-state index is 12.8. The number of carbonyl (C=O) groups excluding carboxylic acids is 2. The van der Waals surface area contributed by atoms with Crippen molar-refractivity contribution in [2.75, 3.05) is 44.0 Å². The number of nitrogens with one attached hydrogen (secondary N) is 1. The maximum atomic E-state index is 12.8. The first-order valence-corrected chi connectivity index (χ1v) is 9.81. The number of likely N-dealkylation sites (N-methyl/N-ethyl adjacent to an activating group) is 1. The summed E-state index contributed by atoms with van der Waals surface area (Å²) in [6, 6.07) is 4.87. The Kier molecular flexibility index (Phi) is 6.76. The third-order valence-corrected chi connectivity index (χ3v) is 5.00. The molecule has 1 N–H and O–H groups in total. The minimum atomic E-state index is -0.467. The van der Waals surface area contributed by atoms with Gasteiger partial charge in [0, 0.05) is 25.2 Å². The van der Waals surface area contributed by atoms with E-state index < -0.39 is 11.8 Å². The molecule has 154 valence electrons. The van der Waals surface area contributed by atoms with Crippen LogP contribution in [0.25, 0.3) is 0 Å². The van der Waals surface area contributed by atoms with E-state index in [4.69, 9.17) is 27.9 Å². The molecule has 2 aromatic rings. The van der Waals surface area contributed by atoms with E-state index in [1.54, 1.807) is 18.2 Å². The van der Waals surface area contributed by atoms with E-state index in [0.717, 1.165) is 25.9 Å². The summed E-state index contributed by atoms with van der Waals surface area (Å²) in [7, 11) is 2.99. The van der Waals surface area contributed by atoms with Crippen molar-refractivity contribution in [3.8, 4) is 5.75 Å². The predicted molar refractivity (Wildman–Crippen MR) is 112 cm³/mol. The Morgan fingerprint density at radius 1 is 1.28 bits per heavy atom. The molecular formula is C19H21Cl2N5O3. The summed E-state index contributed by atoms with van der Waals surface area (Å²) in [6.45, 7) is 1.48. The van der Waals surface area contributed by atoms with Crippen molar-refractivity contribution in [2.45, 2.75) is 12.8 Å². The Hall–Kier alpha value is -2.58. The summed E-state index contributed by atoms with van der Waals surface area (Å²) in [5, 5.41) is 3.29. The average molecular weight is 438 g/mol. The van der Waals surface area contributed by atoms with Crippen LogP contribution < -0.4 is 15.0 Å². The average Bonchev–Trinajstić information content (AvgIpc) is 3.22. The lowest BCUT2D eigenvalue weighted by molar-refractivity contribution is -0.116. The highest BCUT2D eigenvalue weighted by Crippen LogP contribution is 2.27. The van der Waals surface area contributed by atoms with E-state index >= 15 is 0 Å². The zero-order chi connectivity index (χ0) is 21.0. The van der Waals surface area contributed by atoms with Crippen molar-refractivity contribution in [3.63, 3.8) is 0 Å². The highest BCUT2D eigenvalue weighted by molar-refractivity contribution is 6.33. The van der Waals surface area contributed by atoms with Crippen LogP contribution in [0.5, 0.6) is 5.75 Å². The topological polar surface area (TPSA) is 87.7 Å². The van der Waals surface area contributed by atoms with Crippen LogP contribution in [0.1, 0.15) is 23.3 Å². The molecule has 2 amide bonds. The van der Waals surface area contributed by atoms with Crippen molar-refractivity contribution < 1.29 is 14.3 Å². The zero-order valence-electron chi connectivity index (χ0n) is 16.1. The molecule has 29 heavy (non-hydrogen) atoms. The summed E-state index contributed by atoms with van der Waals surface area (Å²) < 4.78 is 5.21. The Balaban J connectivity index is 1.69. The SMILES string of the molecule is COc1ccc(Cl)cc1NC(=O)CN(C)C(=O)c1nc(N2CCCC2)ncc1Cl. The second-order valence-corrected chi connectivity index (χ2v) is 7.46. The fraction of sp³-hybridized carbons (Fsp3) is 0.368. The third-order valence-electron chi connectivity index (χ3n) is 4.49. The number of nitrogens with zero attached hydrogens (tertiary/aromatic N) is 4. The normalized spacial score (nSPS) is 13.3. The molecule has 2 heterocycles. The van der Waals surface area contributed by atoms with Gasteiger partial charge in [-0.15, -0.1) is 0 Å². The second-order valence-electron chi connectivity index (χ2n) is 6.61. The first-order valence-electron chi connectivity index (χ1n) is 9.05. The van der Waals surface area contributed by atoms with Crippen molar-refractivity contribution in [2.24, 2.45) is 0 Å². The monoisotopic (exact) mass is 437 g/mol. The minimum absolute atomic E-state index is 0.0687. The summed E-state index contributed by atoms with van der Waals surface area (Å²) >= 11 is 12.1.